The Morgan fingerprint density at radius 1 is 1.32 bits per heavy atom. The Balaban J connectivity index is 1.74. The van der Waals surface area contributed by atoms with Gasteiger partial charge >= 0.3 is 6.03 Å². The second kappa shape index (κ2) is 5.84. The summed E-state index contributed by atoms with van der Waals surface area (Å²) in [5, 5.41) is 12.3. The van der Waals surface area contributed by atoms with Gasteiger partial charge in [0.05, 0.1) is 16.9 Å². The summed E-state index contributed by atoms with van der Waals surface area (Å²) in [5.74, 6) is 0. The molecule has 6 heteroatoms. The molecule has 2 fully saturated rings. The van der Waals surface area contributed by atoms with Gasteiger partial charge in [-0.1, -0.05) is 0 Å². The fourth-order valence-electron chi connectivity index (χ4n) is 3.45. The van der Waals surface area contributed by atoms with E-state index in [9.17, 15) is 10.1 Å². The predicted molar refractivity (Wildman–Crippen MR) is 83.8 cm³/mol. The minimum atomic E-state index is 0.0618. The second-order valence-electron chi connectivity index (χ2n) is 6.00. The molecule has 0 aromatic carbocycles. The largest absolute Gasteiger partial charge is 0.370 e. The normalized spacial score (nSPS) is 19.2. The molecule has 1 aromatic rings. The Hall–Kier alpha value is -2.29. The summed E-state index contributed by atoms with van der Waals surface area (Å²) in [4.78, 5) is 20.3. The number of nitriles is 1. The highest BCUT2D eigenvalue weighted by atomic mass is 16.2. The number of carbonyl (C=O) groups excluding carboxylic acids is 1. The van der Waals surface area contributed by atoms with Crippen molar-refractivity contribution in [1.29, 1.82) is 5.26 Å². The van der Waals surface area contributed by atoms with Gasteiger partial charge in [-0.25, -0.2) is 4.79 Å². The topological polar surface area (TPSA) is 72.3 Å². The smallest absolute Gasteiger partial charge is 0.317 e. The number of rotatable bonds is 2. The van der Waals surface area contributed by atoms with E-state index in [2.05, 4.69) is 21.3 Å². The zero-order valence-corrected chi connectivity index (χ0v) is 13.1. The van der Waals surface area contributed by atoms with Crippen molar-refractivity contribution in [3.05, 3.63) is 23.0 Å². The average Bonchev–Trinajstić information content (AvgIpc) is 2.93. The number of nitrogens with zero attached hydrogens (tertiary/aromatic N) is 4. The van der Waals surface area contributed by atoms with E-state index in [4.69, 9.17) is 0 Å². The van der Waals surface area contributed by atoms with E-state index >= 15 is 0 Å². The summed E-state index contributed by atoms with van der Waals surface area (Å²) in [5.41, 5.74) is 3.38. The van der Waals surface area contributed by atoms with Crippen LogP contribution in [0.4, 0.5) is 10.5 Å². The lowest BCUT2D eigenvalue weighted by Crippen LogP contribution is -2.46. The molecular formula is C16H21N5O. The van der Waals surface area contributed by atoms with E-state index in [1.165, 1.54) is 0 Å². The van der Waals surface area contributed by atoms with Crippen LogP contribution in [-0.2, 0) is 0 Å². The van der Waals surface area contributed by atoms with Gasteiger partial charge in [0.1, 0.15) is 6.07 Å². The van der Waals surface area contributed by atoms with Crippen LogP contribution in [0.2, 0.25) is 0 Å². The van der Waals surface area contributed by atoms with Gasteiger partial charge in [0.25, 0.3) is 0 Å². The first-order valence-corrected chi connectivity index (χ1v) is 7.78. The third-order valence-corrected chi connectivity index (χ3v) is 4.56. The third kappa shape index (κ3) is 2.59. The molecule has 2 amide bonds. The zero-order chi connectivity index (χ0) is 15.7. The fraction of sp³-hybridized carbons (Fsp3) is 0.562. The van der Waals surface area contributed by atoms with Gasteiger partial charge < -0.3 is 15.1 Å². The van der Waals surface area contributed by atoms with Crippen LogP contribution in [0.3, 0.4) is 0 Å². The van der Waals surface area contributed by atoms with E-state index < -0.39 is 0 Å². The summed E-state index contributed by atoms with van der Waals surface area (Å²) in [7, 11) is 0. The molecule has 1 aromatic heterocycles. The van der Waals surface area contributed by atoms with Crippen LogP contribution >= 0.6 is 0 Å². The summed E-state index contributed by atoms with van der Waals surface area (Å²) in [6, 6.07) is 4.65. The van der Waals surface area contributed by atoms with Gasteiger partial charge in [-0.3, -0.25) is 4.98 Å². The van der Waals surface area contributed by atoms with E-state index in [1.807, 2.05) is 24.8 Å². The van der Waals surface area contributed by atoms with Crippen molar-refractivity contribution >= 4 is 11.7 Å². The molecule has 0 aliphatic carbocycles. The fourth-order valence-corrected chi connectivity index (χ4v) is 3.45. The van der Waals surface area contributed by atoms with Gasteiger partial charge in [-0.2, -0.15) is 5.26 Å². The van der Waals surface area contributed by atoms with Crippen LogP contribution in [-0.4, -0.2) is 48.1 Å². The summed E-state index contributed by atoms with van der Waals surface area (Å²) >= 11 is 0. The lowest BCUT2D eigenvalue weighted by Gasteiger charge is -2.37. The molecule has 3 rings (SSSR count). The van der Waals surface area contributed by atoms with Gasteiger partial charge in [0, 0.05) is 37.9 Å². The first-order valence-electron chi connectivity index (χ1n) is 7.78. The molecule has 1 N–H and O–H groups in total. The van der Waals surface area contributed by atoms with Gasteiger partial charge in [-0.15, -0.1) is 0 Å². The highest BCUT2D eigenvalue weighted by Gasteiger charge is 2.31. The van der Waals surface area contributed by atoms with Crippen LogP contribution in [0.1, 0.15) is 29.8 Å². The number of hydrogen-bond acceptors (Lipinski definition) is 4. The maximum absolute atomic E-state index is 11.8. The van der Waals surface area contributed by atoms with Crippen LogP contribution in [0.25, 0.3) is 0 Å². The summed E-state index contributed by atoms with van der Waals surface area (Å²) < 4.78 is 0. The van der Waals surface area contributed by atoms with Crippen LogP contribution in [0, 0.1) is 25.2 Å². The molecular weight excluding hydrogens is 278 g/mol. The molecule has 6 nitrogen and oxygen atoms in total. The number of anilines is 1. The predicted octanol–water partition coefficient (Wildman–Crippen LogP) is 1.56. The van der Waals surface area contributed by atoms with Crippen molar-refractivity contribution in [2.45, 2.75) is 32.7 Å². The van der Waals surface area contributed by atoms with Crippen molar-refractivity contribution in [1.82, 2.24) is 15.2 Å². The molecule has 0 spiro atoms. The standard InChI is InChI=1S/C16H21N5O/c1-11-9-15(14(10-17)12(2)19-11)20-6-3-13(4-7-20)21-8-5-18-16(21)22/h9,13H,3-8H2,1-2H3,(H,18,22). The SMILES string of the molecule is Cc1cc(N2CCC(N3CCNC3=O)CC2)c(C#N)c(C)n1. The number of nitrogens with one attached hydrogen (secondary N) is 1. The third-order valence-electron chi connectivity index (χ3n) is 4.56. The van der Waals surface area contributed by atoms with Gasteiger partial charge in [0.15, 0.2) is 0 Å². The van der Waals surface area contributed by atoms with Crippen molar-refractivity contribution in [3.63, 3.8) is 0 Å². The number of amides is 2. The van der Waals surface area contributed by atoms with Gasteiger partial charge in [0.2, 0.25) is 0 Å². The minimum absolute atomic E-state index is 0.0618. The number of urea groups is 1. The van der Waals surface area contributed by atoms with Crippen LogP contribution in [0.15, 0.2) is 6.07 Å². The average molecular weight is 299 g/mol. The Kier molecular flexibility index (Phi) is 3.88. The number of pyridine rings is 1. The Morgan fingerprint density at radius 2 is 2.05 bits per heavy atom. The van der Waals surface area contributed by atoms with Crippen molar-refractivity contribution in [2.24, 2.45) is 0 Å². The summed E-state index contributed by atoms with van der Waals surface area (Å²) in [6.07, 6.45) is 1.89. The first kappa shape index (κ1) is 14.6. The zero-order valence-electron chi connectivity index (χ0n) is 13.1. The second-order valence-corrected chi connectivity index (χ2v) is 6.00. The highest BCUT2D eigenvalue weighted by Crippen LogP contribution is 2.28. The summed E-state index contributed by atoms with van der Waals surface area (Å²) in [6.45, 7) is 7.13. The number of hydrogen-bond donors (Lipinski definition) is 1. The lowest BCUT2D eigenvalue weighted by molar-refractivity contribution is 0.186. The number of aryl methyl sites for hydroxylation is 2. The molecule has 0 radical (unpaired) electrons. The molecule has 2 saturated heterocycles. The molecule has 0 saturated carbocycles. The van der Waals surface area contributed by atoms with Gasteiger partial charge in [-0.05, 0) is 32.8 Å². The molecule has 0 bridgehead atoms. The van der Waals surface area contributed by atoms with E-state index in [-0.39, 0.29) is 6.03 Å². The number of aromatic nitrogens is 1. The monoisotopic (exact) mass is 299 g/mol. The number of piperidine rings is 1. The van der Waals surface area contributed by atoms with E-state index in [0.29, 0.717) is 11.6 Å². The Bertz CT molecular complexity index is 628. The lowest BCUT2D eigenvalue weighted by atomic mass is 10.0. The van der Waals surface area contributed by atoms with Crippen molar-refractivity contribution < 1.29 is 4.79 Å². The van der Waals surface area contributed by atoms with Crippen LogP contribution < -0.4 is 10.2 Å². The minimum Gasteiger partial charge on any atom is -0.370 e. The molecule has 0 atom stereocenters. The molecule has 0 unspecified atom stereocenters. The van der Waals surface area contributed by atoms with Crippen molar-refractivity contribution in [2.75, 3.05) is 31.1 Å². The molecule has 3 heterocycles. The maximum atomic E-state index is 11.8. The van der Waals surface area contributed by atoms with E-state index in [0.717, 1.165) is 56.1 Å². The highest BCUT2D eigenvalue weighted by molar-refractivity contribution is 5.76. The molecule has 22 heavy (non-hydrogen) atoms. The van der Waals surface area contributed by atoms with Crippen molar-refractivity contribution in [3.8, 4) is 6.07 Å². The number of carbonyl (C=O) groups is 1. The Labute approximate surface area is 130 Å². The van der Waals surface area contributed by atoms with E-state index in [1.54, 1.807) is 0 Å². The van der Waals surface area contributed by atoms with Crippen LogP contribution in [0.5, 0.6) is 0 Å². The maximum Gasteiger partial charge on any atom is 0.317 e. The quantitative estimate of drug-likeness (QED) is 0.899. The Morgan fingerprint density at radius 3 is 2.64 bits per heavy atom. The molecule has 2 aliphatic heterocycles. The molecule has 2 aliphatic rings. The first-order chi connectivity index (χ1) is 10.6. The molecule has 116 valence electrons.